The quantitative estimate of drug-likeness (QED) is 0.792. The van der Waals surface area contributed by atoms with Crippen molar-refractivity contribution in [2.24, 2.45) is 11.7 Å². The molecule has 0 spiro atoms. The lowest BCUT2D eigenvalue weighted by Crippen LogP contribution is -2.57. The molecule has 2 aliphatic rings. The van der Waals surface area contributed by atoms with Crippen LogP contribution in [0.15, 0.2) is 9.42 Å². The van der Waals surface area contributed by atoms with Gasteiger partial charge in [0, 0.05) is 31.7 Å². The summed E-state index contributed by atoms with van der Waals surface area (Å²) in [5.74, 6) is 0.174. The highest BCUT2D eigenvalue weighted by Gasteiger charge is 2.41. The standard InChI is InChI=1S/C17H28N4O4S.ClH/c1-12-15(13(2)25-19-12)26(23,24)21-10-8-20(9-11-21)16(22)14-6-4-5-7-17(14,3)18;/h14H,4-11,18H2,1-3H3;1H. The largest absolute Gasteiger partial charge is 0.360 e. The van der Waals surface area contributed by atoms with Crippen molar-refractivity contribution in [3.63, 3.8) is 0 Å². The van der Waals surface area contributed by atoms with Crippen molar-refractivity contribution in [1.82, 2.24) is 14.4 Å². The third-order valence-corrected chi connectivity index (χ3v) is 7.81. The number of nitrogens with zero attached hydrogens (tertiary/aromatic N) is 3. The molecule has 1 amide bonds. The average molecular weight is 421 g/mol. The molecular formula is C17H29ClN4O4S. The second-order valence-corrected chi connectivity index (χ2v) is 9.56. The minimum atomic E-state index is -3.66. The number of carbonyl (C=O) groups is 1. The summed E-state index contributed by atoms with van der Waals surface area (Å²) in [5.41, 5.74) is 6.24. The van der Waals surface area contributed by atoms with E-state index in [-0.39, 0.29) is 42.2 Å². The number of piperazine rings is 1. The maximum absolute atomic E-state index is 12.9. The van der Waals surface area contributed by atoms with Crippen LogP contribution in [-0.2, 0) is 14.8 Å². The maximum Gasteiger partial charge on any atom is 0.248 e. The lowest BCUT2D eigenvalue weighted by atomic mass is 9.74. The molecule has 1 aromatic rings. The maximum atomic E-state index is 12.9. The molecule has 0 radical (unpaired) electrons. The van der Waals surface area contributed by atoms with Crippen molar-refractivity contribution in [3.05, 3.63) is 11.5 Å². The Bertz CT molecular complexity index is 765. The number of rotatable bonds is 3. The monoisotopic (exact) mass is 420 g/mol. The molecule has 8 nitrogen and oxygen atoms in total. The fourth-order valence-corrected chi connectivity index (χ4v) is 5.82. The van der Waals surface area contributed by atoms with E-state index in [1.54, 1.807) is 18.7 Å². The minimum Gasteiger partial charge on any atom is -0.360 e. The van der Waals surface area contributed by atoms with Crippen molar-refractivity contribution in [2.75, 3.05) is 26.2 Å². The van der Waals surface area contributed by atoms with Crippen LogP contribution in [-0.4, -0.2) is 60.4 Å². The first-order chi connectivity index (χ1) is 12.1. The van der Waals surface area contributed by atoms with Gasteiger partial charge in [0.2, 0.25) is 15.9 Å². The van der Waals surface area contributed by atoms with Crippen LogP contribution in [0.5, 0.6) is 0 Å². The predicted octanol–water partition coefficient (Wildman–Crippen LogP) is 1.45. The van der Waals surface area contributed by atoms with Gasteiger partial charge in [0.15, 0.2) is 5.76 Å². The van der Waals surface area contributed by atoms with Crippen molar-refractivity contribution < 1.29 is 17.7 Å². The smallest absolute Gasteiger partial charge is 0.248 e. The first kappa shape index (κ1) is 22.1. The van der Waals surface area contributed by atoms with Crippen LogP contribution in [0.2, 0.25) is 0 Å². The predicted molar refractivity (Wildman–Crippen MR) is 103 cm³/mol. The average Bonchev–Trinajstić information content (AvgIpc) is 2.93. The molecule has 2 heterocycles. The Kier molecular flexibility index (Phi) is 6.61. The van der Waals surface area contributed by atoms with E-state index in [0.717, 1.165) is 25.7 Å². The molecule has 2 atom stereocenters. The van der Waals surface area contributed by atoms with E-state index in [4.69, 9.17) is 10.3 Å². The molecule has 1 aromatic heterocycles. The van der Waals surface area contributed by atoms with Gasteiger partial charge >= 0.3 is 0 Å². The van der Waals surface area contributed by atoms with E-state index in [2.05, 4.69) is 5.16 Å². The molecule has 2 N–H and O–H groups in total. The van der Waals surface area contributed by atoms with E-state index in [0.29, 0.717) is 24.5 Å². The van der Waals surface area contributed by atoms with Gasteiger partial charge in [0.1, 0.15) is 10.6 Å². The van der Waals surface area contributed by atoms with E-state index < -0.39 is 15.6 Å². The van der Waals surface area contributed by atoms with Crippen molar-refractivity contribution in [1.29, 1.82) is 0 Å². The highest BCUT2D eigenvalue weighted by atomic mass is 35.5. The van der Waals surface area contributed by atoms with Gasteiger partial charge in [-0.1, -0.05) is 18.0 Å². The summed E-state index contributed by atoms with van der Waals surface area (Å²) >= 11 is 0. The molecule has 1 saturated carbocycles. The van der Waals surface area contributed by atoms with Crippen LogP contribution in [0.3, 0.4) is 0 Å². The lowest BCUT2D eigenvalue weighted by molar-refractivity contribution is -0.140. The Morgan fingerprint density at radius 1 is 1.22 bits per heavy atom. The van der Waals surface area contributed by atoms with Gasteiger partial charge in [-0.2, -0.15) is 4.31 Å². The first-order valence-corrected chi connectivity index (χ1v) is 10.6. The van der Waals surface area contributed by atoms with E-state index >= 15 is 0 Å². The minimum absolute atomic E-state index is 0. The zero-order valence-electron chi connectivity index (χ0n) is 16.1. The number of hydrogen-bond acceptors (Lipinski definition) is 6. The van der Waals surface area contributed by atoms with Gasteiger partial charge in [0.05, 0.1) is 5.92 Å². The topological polar surface area (TPSA) is 110 Å². The third kappa shape index (κ3) is 4.16. The molecule has 3 rings (SSSR count). The third-order valence-electron chi connectivity index (χ3n) is 5.67. The zero-order valence-corrected chi connectivity index (χ0v) is 17.7. The summed E-state index contributed by atoms with van der Waals surface area (Å²) in [7, 11) is -3.66. The van der Waals surface area contributed by atoms with E-state index in [1.165, 1.54) is 4.31 Å². The summed E-state index contributed by atoms with van der Waals surface area (Å²) in [4.78, 5) is 14.8. The highest BCUT2D eigenvalue weighted by Crippen LogP contribution is 2.33. The van der Waals surface area contributed by atoms with Crippen LogP contribution < -0.4 is 5.73 Å². The van der Waals surface area contributed by atoms with Gasteiger partial charge in [-0.15, -0.1) is 12.4 Å². The molecule has 1 aliphatic heterocycles. The summed E-state index contributed by atoms with van der Waals surface area (Å²) in [6.45, 7) is 6.47. The molecule has 1 saturated heterocycles. The van der Waals surface area contributed by atoms with Crippen molar-refractivity contribution >= 4 is 28.3 Å². The van der Waals surface area contributed by atoms with Gasteiger partial charge in [-0.3, -0.25) is 4.79 Å². The van der Waals surface area contributed by atoms with Crippen LogP contribution in [0.1, 0.15) is 44.1 Å². The first-order valence-electron chi connectivity index (χ1n) is 9.15. The number of hydrogen-bond donors (Lipinski definition) is 1. The lowest BCUT2D eigenvalue weighted by Gasteiger charge is -2.42. The van der Waals surface area contributed by atoms with E-state index in [9.17, 15) is 13.2 Å². The Hall–Kier alpha value is -1.16. The number of aryl methyl sites for hydroxylation is 2. The van der Waals surface area contributed by atoms with Crippen LogP contribution in [0.25, 0.3) is 0 Å². The second-order valence-electron chi connectivity index (χ2n) is 7.69. The molecule has 2 fully saturated rings. The Morgan fingerprint density at radius 2 is 1.85 bits per heavy atom. The molecule has 10 heteroatoms. The zero-order chi connectivity index (χ0) is 19.1. The van der Waals surface area contributed by atoms with Gasteiger partial charge in [-0.05, 0) is 33.6 Å². The fourth-order valence-electron chi connectivity index (χ4n) is 4.11. The molecule has 1 aliphatic carbocycles. The normalized spacial score (nSPS) is 27.3. The molecular weight excluding hydrogens is 392 g/mol. The van der Waals surface area contributed by atoms with Gasteiger partial charge < -0.3 is 15.2 Å². The number of amides is 1. The van der Waals surface area contributed by atoms with Crippen LogP contribution in [0.4, 0.5) is 0 Å². The summed E-state index contributed by atoms with van der Waals surface area (Å²) < 4.78 is 32.2. The number of aromatic nitrogens is 1. The number of sulfonamides is 1. The Morgan fingerprint density at radius 3 is 2.37 bits per heavy atom. The van der Waals surface area contributed by atoms with Gasteiger partial charge in [0.25, 0.3) is 0 Å². The highest BCUT2D eigenvalue weighted by molar-refractivity contribution is 7.89. The van der Waals surface area contributed by atoms with Crippen LogP contribution >= 0.6 is 12.4 Å². The molecule has 0 aromatic carbocycles. The number of halogens is 1. The summed E-state index contributed by atoms with van der Waals surface area (Å²) in [5, 5.41) is 3.74. The molecule has 27 heavy (non-hydrogen) atoms. The Balaban J connectivity index is 0.00000261. The van der Waals surface area contributed by atoms with Crippen molar-refractivity contribution in [3.8, 4) is 0 Å². The summed E-state index contributed by atoms with van der Waals surface area (Å²) in [6, 6.07) is 0. The SMILES string of the molecule is Cc1noc(C)c1S(=O)(=O)N1CCN(C(=O)C2CCCCC2(C)N)CC1.Cl. The fraction of sp³-hybridized carbons (Fsp3) is 0.765. The number of carbonyl (C=O) groups excluding carboxylic acids is 1. The van der Waals surface area contributed by atoms with Gasteiger partial charge in [-0.25, -0.2) is 8.42 Å². The van der Waals surface area contributed by atoms with Crippen LogP contribution in [0, 0.1) is 19.8 Å². The second kappa shape index (κ2) is 8.06. The van der Waals surface area contributed by atoms with Crippen molar-refractivity contribution in [2.45, 2.75) is 56.9 Å². The van der Waals surface area contributed by atoms with E-state index in [1.807, 2.05) is 6.92 Å². The molecule has 2 unspecified atom stereocenters. The molecule has 0 bridgehead atoms. The molecule has 154 valence electrons. The number of nitrogens with two attached hydrogens (primary N) is 1. The summed E-state index contributed by atoms with van der Waals surface area (Å²) in [6.07, 6.45) is 3.73. The Labute approximate surface area is 166 Å².